The topological polar surface area (TPSA) is 106 Å². The Labute approximate surface area is 251 Å². The first kappa shape index (κ1) is 27.7. The number of hydrogen-bond donors (Lipinski definition) is 1. The summed E-state index contributed by atoms with van der Waals surface area (Å²) in [7, 11) is 0. The van der Waals surface area contributed by atoms with E-state index in [2.05, 4.69) is 39.8 Å². The van der Waals surface area contributed by atoms with Crippen LogP contribution in [0.4, 0.5) is 0 Å². The molecule has 2 aromatic carbocycles. The number of furan rings is 1. The number of rotatable bonds is 10. The summed E-state index contributed by atoms with van der Waals surface area (Å²) < 4.78 is 7.12. The van der Waals surface area contributed by atoms with E-state index in [9.17, 15) is 9.59 Å². The maximum Gasteiger partial charge on any atom is 0.287 e. The molecule has 0 fully saturated rings. The van der Waals surface area contributed by atoms with Crippen molar-refractivity contribution < 1.29 is 14.0 Å². The Hall–Kier alpha value is -4.48. The second-order valence-corrected chi connectivity index (χ2v) is 11.7. The van der Waals surface area contributed by atoms with E-state index in [1.807, 2.05) is 59.3 Å². The Balaban J connectivity index is 1.21. The number of aryl methyl sites for hydroxylation is 1. The number of hydrogen-bond acceptors (Lipinski definition) is 8. The lowest BCUT2D eigenvalue weighted by Crippen LogP contribution is -2.28. The van der Waals surface area contributed by atoms with E-state index in [0.29, 0.717) is 23.9 Å². The average molecular weight is 597 g/mol. The fourth-order valence-corrected chi connectivity index (χ4v) is 6.24. The first-order valence-corrected chi connectivity index (χ1v) is 15.3. The molecular formula is C31H28N6O3S2. The van der Waals surface area contributed by atoms with Gasteiger partial charge >= 0.3 is 0 Å². The highest BCUT2D eigenvalue weighted by atomic mass is 32.2. The Bertz CT molecular complexity index is 1680. The molecule has 0 bridgehead atoms. The number of benzene rings is 2. The molecule has 9 nitrogen and oxygen atoms in total. The van der Waals surface area contributed by atoms with E-state index in [0.717, 1.165) is 21.7 Å². The van der Waals surface area contributed by atoms with Gasteiger partial charge in [-0.05, 0) is 41.6 Å². The molecule has 212 valence electrons. The van der Waals surface area contributed by atoms with E-state index < -0.39 is 0 Å². The van der Waals surface area contributed by atoms with Gasteiger partial charge in [-0.15, -0.1) is 21.5 Å². The second kappa shape index (κ2) is 12.6. The van der Waals surface area contributed by atoms with E-state index >= 15 is 0 Å². The molecule has 6 rings (SSSR count). The minimum atomic E-state index is -0.339. The second-order valence-electron chi connectivity index (χ2n) is 9.81. The molecule has 1 N–H and O–H groups in total. The van der Waals surface area contributed by atoms with Gasteiger partial charge in [-0.1, -0.05) is 78.0 Å². The largest absolute Gasteiger partial charge is 0.459 e. The summed E-state index contributed by atoms with van der Waals surface area (Å²) in [5, 5.41) is 20.6. The van der Waals surface area contributed by atoms with Crippen LogP contribution in [-0.4, -0.2) is 43.1 Å². The highest BCUT2D eigenvalue weighted by Crippen LogP contribution is 2.35. The maximum atomic E-state index is 13.7. The molecule has 2 amide bonds. The first-order valence-electron chi connectivity index (χ1n) is 13.5. The number of nitrogens with one attached hydrogen (secondary N) is 1. The Kier molecular flexibility index (Phi) is 8.29. The molecule has 0 saturated carbocycles. The van der Waals surface area contributed by atoms with E-state index in [4.69, 9.17) is 9.52 Å². The normalized spacial score (nSPS) is 14.6. The lowest BCUT2D eigenvalue weighted by Gasteiger charge is -2.22. The van der Waals surface area contributed by atoms with Crippen molar-refractivity contribution in [2.45, 2.75) is 37.6 Å². The van der Waals surface area contributed by atoms with Gasteiger partial charge in [0.05, 0.1) is 41.7 Å². The SMILES string of the molecule is Cc1ccc(C2CC(c3cccs3)=NN2C(=O)CSc2nnc(CNC(=O)c3ccco3)n2Cc2ccccc2)cc1. The van der Waals surface area contributed by atoms with Crippen LogP contribution in [0.15, 0.2) is 105 Å². The number of aromatic nitrogens is 3. The molecule has 0 radical (unpaired) electrons. The van der Waals surface area contributed by atoms with Crippen molar-refractivity contribution >= 4 is 40.6 Å². The molecule has 1 aliphatic rings. The molecule has 1 aliphatic heterocycles. The van der Waals surface area contributed by atoms with Gasteiger partial charge in [0, 0.05) is 6.42 Å². The molecule has 0 spiro atoms. The summed E-state index contributed by atoms with van der Waals surface area (Å²) in [4.78, 5) is 27.2. The standard InChI is InChI=1S/C31H28N6O3S2/c1-21-11-13-23(14-12-21)25-17-24(27-10-6-16-41-27)35-37(25)29(38)20-42-31-34-33-28(18-32-30(39)26-9-5-15-40-26)36(31)19-22-7-3-2-4-8-22/h2-16,25H,17-20H2,1H3,(H,32,39). The predicted molar refractivity (Wildman–Crippen MR) is 162 cm³/mol. The van der Waals surface area contributed by atoms with Gasteiger partial charge in [0.15, 0.2) is 16.7 Å². The summed E-state index contributed by atoms with van der Waals surface area (Å²) in [5.74, 6) is 0.481. The maximum absolute atomic E-state index is 13.7. The third-order valence-corrected chi connectivity index (χ3v) is 8.76. The molecule has 3 aromatic heterocycles. The molecule has 1 unspecified atom stereocenters. The molecule has 42 heavy (non-hydrogen) atoms. The van der Waals surface area contributed by atoms with Gasteiger partial charge in [0.2, 0.25) is 0 Å². The number of amides is 2. The molecule has 4 heterocycles. The Morgan fingerprint density at radius 3 is 2.60 bits per heavy atom. The number of nitrogens with zero attached hydrogens (tertiary/aromatic N) is 5. The number of thiophene rings is 1. The molecule has 0 saturated heterocycles. The van der Waals surface area contributed by atoms with E-state index in [1.165, 1.54) is 23.6 Å². The summed E-state index contributed by atoms with van der Waals surface area (Å²) in [6, 6.07) is 25.3. The van der Waals surface area contributed by atoms with Crippen LogP contribution in [0, 0.1) is 6.92 Å². The van der Waals surface area contributed by atoms with Crippen LogP contribution in [0.5, 0.6) is 0 Å². The average Bonchev–Trinajstić information content (AvgIpc) is 3.83. The summed E-state index contributed by atoms with van der Waals surface area (Å²) in [6.07, 6.45) is 2.11. The van der Waals surface area contributed by atoms with Gasteiger partial charge < -0.3 is 14.3 Å². The number of carbonyl (C=O) groups excluding carboxylic acids is 2. The summed E-state index contributed by atoms with van der Waals surface area (Å²) in [6.45, 7) is 2.70. The lowest BCUT2D eigenvalue weighted by atomic mass is 10.00. The van der Waals surface area contributed by atoms with E-state index in [1.54, 1.807) is 28.5 Å². The van der Waals surface area contributed by atoms with Crippen molar-refractivity contribution in [3.05, 3.63) is 124 Å². The third-order valence-electron chi connectivity index (χ3n) is 6.89. The van der Waals surface area contributed by atoms with Crippen LogP contribution < -0.4 is 5.32 Å². The predicted octanol–water partition coefficient (Wildman–Crippen LogP) is 5.69. The minimum Gasteiger partial charge on any atom is -0.459 e. The van der Waals surface area contributed by atoms with Crippen LogP contribution >= 0.6 is 23.1 Å². The highest BCUT2D eigenvalue weighted by molar-refractivity contribution is 7.99. The van der Waals surface area contributed by atoms with Gasteiger partial charge in [-0.25, -0.2) is 5.01 Å². The van der Waals surface area contributed by atoms with Crippen LogP contribution in [0.25, 0.3) is 0 Å². The zero-order valence-electron chi connectivity index (χ0n) is 22.8. The lowest BCUT2D eigenvalue weighted by molar-refractivity contribution is -0.130. The van der Waals surface area contributed by atoms with Gasteiger partial charge in [0.25, 0.3) is 11.8 Å². The Morgan fingerprint density at radius 1 is 1.02 bits per heavy atom. The number of carbonyl (C=O) groups is 2. The molecule has 5 aromatic rings. The third kappa shape index (κ3) is 6.22. The minimum absolute atomic E-state index is 0.112. The fourth-order valence-electron chi connectivity index (χ4n) is 4.71. The van der Waals surface area contributed by atoms with Crippen molar-refractivity contribution in [3.63, 3.8) is 0 Å². The van der Waals surface area contributed by atoms with Crippen molar-refractivity contribution in [2.24, 2.45) is 5.10 Å². The van der Waals surface area contributed by atoms with Crippen LogP contribution in [0.2, 0.25) is 0 Å². The first-order chi connectivity index (χ1) is 20.5. The van der Waals surface area contributed by atoms with Crippen molar-refractivity contribution in [1.82, 2.24) is 25.1 Å². The molecular weight excluding hydrogens is 569 g/mol. The number of hydrazone groups is 1. The molecule has 11 heteroatoms. The summed E-state index contributed by atoms with van der Waals surface area (Å²) >= 11 is 2.94. The Morgan fingerprint density at radius 2 is 1.86 bits per heavy atom. The monoisotopic (exact) mass is 596 g/mol. The van der Waals surface area contributed by atoms with Crippen molar-refractivity contribution in [1.29, 1.82) is 0 Å². The zero-order chi connectivity index (χ0) is 28.9. The zero-order valence-corrected chi connectivity index (χ0v) is 24.5. The van der Waals surface area contributed by atoms with E-state index in [-0.39, 0.29) is 35.9 Å². The smallest absolute Gasteiger partial charge is 0.287 e. The van der Waals surface area contributed by atoms with Gasteiger partial charge in [-0.2, -0.15) is 5.10 Å². The highest BCUT2D eigenvalue weighted by Gasteiger charge is 2.33. The molecule has 0 aliphatic carbocycles. The summed E-state index contributed by atoms with van der Waals surface area (Å²) in [5.41, 5.74) is 4.18. The molecule has 1 atom stereocenters. The van der Waals surface area contributed by atoms with Crippen LogP contribution in [0.3, 0.4) is 0 Å². The van der Waals surface area contributed by atoms with Gasteiger partial charge in [0.1, 0.15) is 0 Å². The van der Waals surface area contributed by atoms with Crippen molar-refractivity contribution in [2.75, 3.05) is 5.75 Å². The van der Waals surface area contributed by atoms with Crippen LogP contribution in [-0.2, 0) is 17.9 Å². The van der Waals surface area contributed by atoms with Gasteiger partial charge in [-0.3, -0.25) is 9.59 Å². The van der Waals surface area contributed by atoms with Crippen LogP contribution in [0.1, 0.15) is 50.4 Å². The fraction of sp³-hybridized carbons (Fsp3) is 0.194. The number of thioether (sulfide) groups is 1. The quantitative estimate of drug-likeness (QED) is 0.208. The van der Waals surface area contributed by atoms with Crippen molar-refractivity contribution in [3.8, 4) is 0 Å².